The van der Waals surface area contributed by atoms with E-state index in [0.29, 0.717) is 22.9 Å². The third-order valence-corrected chi connectivity index (χ3v) is 5.62. The Bertz CT molecular complexity index is 1130. The Labute approximate surface area is 187 Å². The molecule has 10 heteroatoms. The van der Waals surface area contributed by atoms with E-state index >= 15 is 0 Å². The molecule has 2 aromatic carbocycles. The molecule has 31 heavy (non-hydrogen) atoms. The normalized spacial score (nSPS) is 15.1. The predicted octanol–water partition coefficient (Wildman–Crippen LogP) is 3.99. The van der Waals surface area contributed by atoms with Gasteiger partial charge in [-0.3, -0.25) is 0 Å². The van der Waals surface area contributed by atoms with Crippen LogP contribution < -0.4 is 4.74 Å². The molecule has 1 unspecified atom stereocenters. The average Bonchev–Trinajstić information content (AvgIpc) is 3.13. The second kappa shape index (κ2) is 8.95. The molecule has 0 aliphatic heterocycles. The smallest absolute Gasteiger partial charge is 0.409 e. The fraction of sp³-hybridized carbons (Fsp3) is 0.238. The van der Waals surface area contributed by atoms with Gasteiger partial charge in [0.25, 0.3) is 5.88 Å². The Hall–Kier alpha value is -3.10. The summed E-state index contributed by atoms with van der Waals surface area (Å²) >= 11 is 12.2. The van der Waals surface area contributed by atoms with Crippen molar-refractivity contribution in [2.75, 3.05) is 0 Å². The molecule has 1 aromatic heterocycles. The first kappa shape index (κ1) is 21.1. The summed E-state index contributed by atoms with van der Waals surface area (Å²) in [6, 6.07) is 11.8. The van der Waals surface area contributed by atoms with Crippen molar-refractivity contribution < 1.29 is 24.1 Å². The fourth-order valence-corrected chi connectivity index (χ4v) is 3.72. The lowest BCUT2D eigenvalue weighted by molar-refractivity contribution is -0.188. The summed E-state index contributed by atoms with van der Waals surface area (Å²) < 4.78 is 7.13. The molecule has 0 radical (unpaired) electrons. The van der Waals surface area contributed by atoms with Crippen LogP contribution in [0.15, 0.2) is 42.5 Å². The van der Waals surface area contributed by atoms with E-state index in [4.69, 9.17) is 32.8 Å². The topological polar surface area (TPSA) is 92.5 Å². The lowest BCUT2D eigenvalue weighted by atomic mass is 9.90. The maximum absolute atomic E-state index is 12.5. The Morgan fingerprint density at radius 3 is 2.45 bits per heavy atom. The monoisotopic (exact) mass is 461 g/mol. The van der Waals surface area contributed by atoms with Crippen molar-refractivity contribution in [1.82, 2.24) is 15.0 Å². The molecule has 0 saturated carbocycles. The first-order valence-corrected chi connectivity index (χ1v) is 10.2. The van der Waals surface area contributed by atoms with Crippen LogP contribution in [0.3, 0.4) is 0 Å². The van der Waals surface area contributed by atoms with Gasteiger partial charge in [0.05, 0.1) is 15.6 Å². The molecule has 3 aromatic rings. The van der Waals surface area contributed by atoms with Crippen LogP contribution in [0.4, 0.5) is 0 Å². The van der Waals surface area contributed by atoms with Crippen molar-refractivity contribution in [3.63, 3.8) is 0 Å². The van der Waals surface area contributed by atoms with Crippen LogP contribution in [-0.4, -0.2) is 33.0 Å². The average molecular weight is 462 g/mol. The summed E-state index contributed by atoms with van der Waals surface area (Å²) in [5.74, 6) is -1.75. The van der Waals surface area contributed by atoms with Gasteiger partial charge in [-0.25, -0.2) is 24.0 Å². The molecule has 1 heterocycles. The lowest BCUT2D eigenvalue weighted by Crippen LogP contribution is -2.26. The summed E-state index contributed by atoms with van der Waals surface area (Å²) in [6.07, 6.45) is 1.75. The number of rotatable bonds is 4. The molecule has 0 spiro atoms. The Morgan fingerprint density at radius 1 is 1.03 bits per heavy atom. The zero-order chi connectivity index (χ0) is 22.0. The number of benzene rings is 2. The second-order valence-corrected chi connectivity index (χ2v) is 7.81. The number of carbonyl (C=O) groups is 2. The molecule has 1 atom stereocenters. The van der Waals surface area contributed by atoms with Gasteiger partial charge in [0.1, 0.15) is 6.10 Å². The van der Waals surface area contributed by atoms with Gasteiger partial charge in [-0.1, -0.05) is 51.7 Å². The molecule has 160 valence electrons. The third kappa shape index (κ3) is 4.65. The quantitative estimate of drug-likeness (QED) is 0.428. The van der Waals surface area contributed by atoms with Crippen LogP contribution in [0.25, 0.3) is 0 Å². The van der Waals surface area contributed by atoms with Gasteiger partial charge in [0.15, 0.2) is 0 Å². The third-order valence-electron chi connectivity index (χ3n) is 4.90. The number of ether oxygens (including phenoxy) is 1. The first-order valence-electron chi connectivity index (χ1n) is 9.43. The maximum Gasteiger partial charge on any atom is 0.409 e. The number of nitrogens with zero attached hydrogens (tertiary/aromatic N) is 3. The van der Waals surface area contributed by atoms with E-state index < -0.39 is 11.9 Å². The Kier molecular flexibility index (Phi) is 6.11. The number of hydrogen-bond acceptors (Lipinski definition) is 7. The highest BCUT2D eigenvalue weighted by atomic mass is 35.5. The number of carbonyl (C=O) groups excluding carboxylic acids is 2. The van der Waals surface area contributed by atoms with Crippen molar-refractivity contribution in [2.24, 2.45) is 7.05 Å². The van der Waals surface area contributed by atoms with Crippen molar-refractivity contribution in [2.45, 2.75) is 25.4 Å². The second-order valence-electron chi connectivity index (χ2n) is 6.99. The number of hydrogen-bond donors (Lipinski definition) is 0. The highest BCUT2D eigenvalue weighted by Crippen LogP contribution is 2.32. The molecule has 0 bridgehead atoms. The van der Waals surface area contributed by atoms with E-state index in [9.17, 15) is 9.59 Å². The van der Waals surface area contributed by atoms with Crippen molar-refractivity contribution in [1.29, 1.82) is 0 Å². The summed E-state index contributed by atoms with van der Waals surface area (Å²) in [5, 5.41) is 8.72. The highest BCUT2D eigenvalue weighted by molar-refractivity contribution is 6.42. The van der Waals surface area contributed by atoms with Crippen molar-refractivity contribution in [3.8, 4) is 5.88 Å². The minimum Gasteiger partial charge on any atom is -0.471 e. The first-order chi connectivity index (χ1) is 14.9. The number of halogens is 2. The Morgan fingerprint density at radius 2 is 1.71 bits per heavy atom. The van der Waals surface area contributed by atoms with E-state index in [1.165, 1.54) is 23.9 Å². The predicted molar refractivity (Wildman–Crippen MR) is 111 cm³/mol. The van der Waals surface area contributed by atoms with Gasteiger partial charge in [-0.05, 0) is 48.2 Å². The van der Waals surface area contributed by atoms with Crippen LogP contribution in [0.1, 0.15) is 38.4 Å². The standard InChI is InChI=1S/C21H17Cl2N3O5/c1-26-18(21(28)31-30-20(27)12-5-3-2-4-6-12)19(24-25-26)29-15-8-7-13-10-16(22)17(23)11-14(13)9-15/h2-6,10-11,15H,7-9H2,1H3. The molecule has 1 aliphatic rings. The van der Waals surface area contributed by atoms with Crippen molar-refractivity contribution in [3.05, 3.63) is 74.9 Å². The molecule has 0 saturated heterocycles. The van der Waals surface area contributed by atoms with E-state index in [0.717, 1.165) is 17.5 Å². The van der Waals surface area contributed by atoms with Gasteiger partial charge in [0, 0.05) is 13.5 Å². The van der Waals surface area contributed by atoms with Crippen LogP contribution >= 0.6 is 23.2 Å². The van der Waals surface area contributed by atoms with Crippen LogP contribution in [0, 0.1) is 0 Å². The molecule has 0 N–H and O–H groups in total. The minimum absolute atomic E-state index is 0.00299. The molecular formula is C21H17Cl2N3O5. The summed E-state index contributed by atoms with van der Waals surface area (Å²) in [6.45, 7) is 0. The highest BCUT2D eigenvalue weighted by Gasteiger charge is 2.28. The summed E-state index contributed by atoms with van der Waals surface area (Å²) in [4.78, 5) is 33.8. The molecular weight excluding hydrogens is 445 g/mol. The summed E-state index contributed by atoms with van der Waals surface area (Å²) in [7, 11) is 1.51. The molecule has 1 aliphatic carbocycles. The van der Waals surface area contributed by atoms with Gasteiger partial charge in [0.2, 0.25) is 5.69 Å². The molecule has 0 fully saturated rings. The maximum atomic E-state index is 12.5. The van der Waals surface area contributed by atoms with E-state index in [-0.39, 0.29) is 23.2 Å². The van der Waals surface area contributed by atoms with Gasteiger partial charge in [-0.15, -0.1) is 0 Å². The number of fused-ring (bicyclic) bond motifs is 1. The Balaban J connectivity index is 1.43. The molecule has 4 rings (SSSR count). The van der Waals surface area contributed by atoms with Crippen LogP contribution in [0.2, 0.25) is 10.0 Å². The van der Waals surface area contributed by atoms with Gasteiger partial charge >= 0.3 is 11.9 Å². The molecule has 0 amide bonds. The number of aromatic nitrogens is 3. The van der Waals surface area contributed by atoms with E-state index in [2.05, 4.69) is 15.2 Å². The van der Waals surface area contributed by atoms with Crippen LogP contribution in [0.5, 0.6) is 5.88 Å². The van der Waals surface area contributed by atoms with Crippen molar-refractivity contribution >= 4 is 35.1 Å². The van der Waals surface area contributed by atoms with Gasteiger partial charge in [-0.2, -0.15) is 0 Å². The zero-order valence-electron chi connectivity index (χ0n) is 16.4. The number of aryl methyl sites for hydroxylation is 2. The summed E-state index contributed by atoms with van der Waals surface area (Å²) in [5.41, 5.74) is 2.31. The molecule has 8 nitrogen and oxygen atoms in total. The van der Waals surface area contributed by atoms with Gasteiger partial charge < -0.3 is 4.74 Å². The minimum atomic E-state index is -0.946. The SMILES string of the molecule is Cn1nnc(OC2CCc3cc(Cl)c(Cl)cc3C2)c1C(=O)OOC(=O)c1ccccc1. The fourth-order valence-electron chi connectivity index (χ4n) is 3.35. The largest absolute Gasteiger partial charge is 0.471 e. The van der Waals surface area contributed by atoms with E-state index in [1.54, 1.807) is 18.2 Å². The zero-order valence-corrected chi connectivity index (χ0v) is 17.9. The lowest BCUT2D eigenvalue weighted by Gasteiger charge is -2.25. The van der Waals surface area contributed by atoms with Crippen LogP contribution in [-0.2, 0) is 29.7 Å². The van der Waals surface area contributed by atoms with E-state index in [1.807, 2.05) is 12.1 Å².